The Bertz CT molecular complexity index is 896. The minimum Gasteiger partial charge on any atom is -0.486 e. The number of benzene rings is 2. The highest BCUT2D eigenvalue weighted by Gasteiger charge is 2.17. The molecule has 0 fully saturated rings. The number of likely N-dealkylation sites (N-methyl/N-ethyl adjacent to an activating group) is 1. The van der Waals surface area contributed by atoms with E-state index in [-0.39, 0.29) is 17.4 Å². The van der Waals surface area contributed by atoms with Crippen molar-refractivity contribution in [2.75, 3.05) is 31.6 Å². The van der Waals surface area contributed by atoms with Crippen LogP contribution in [0.2, 0.25) is 0 Å². The van der Waals surface area contributed by atoms with Gasteiger partial charge in [0.2, 0.25) is 0 Å². The van der Waals surface area contributed by atoms with E-state index in [1.807, 2.05) is 0 Å². The first-order chi connectivity index (χ1) is 12.5. The van der Waals surface area contributed by atoms with Crippen LogP contribution in [0, 0.1) is 0 Å². The lowest BCUT2D eigenvalue weighted by atomic mass is 10.3. The van der Waals surface area contributed by atoms with Gasteiger partial charge in [-0.1, -0.05) is 0 Å². The summed E-state index contributed by atoms with van der Waals surface area (Å²) in [5, 5.41) is 2.43. The summed E-state index contributed by atoms with van der Waals surface area (Å²) in [6, 6.07) is 10.6. The molecular weight excluding hydrogens is 360 g/mol. The highest BCUT2D eigenvalue weighted by molar-refractivity contribution is 7.92. The second-order valence-electron chi connectivity index (χ2n) is 5.40. The molecule has 1 amide bonds. The number of amides is 1. The Labute approximate surface area is 151 Å². The Morgan fingerprint density at radius 1 is 1.08 bits per heavy atom. The van der Waals surface area contributed by atoms with Gasteiger partial charge >= 0.3 is 0 Å². The number of ether oxygens (including phenoxy) is 3. The molecule has 8 nitrogen and oxygen atoms in total. The SMILES string of the molecule is CNC(=O)COc1ccc(S(=O)(=O)Nc2ccc3c(c2)OCCO3)cc1. The maximum absolute atomic E-state index is 12.5. The van der Waals surface area contributed by atoms with Crippen molar-refractivity contribution in [2.45, 2.75) is 4.90 Å². The second-order valence-corrected chi connectivity index (χ2v) is 7.08. The predicted molar refractivity (Wildman–Crippen MR) is 94.2 cm³/mol. The highest BCUT2D eigenvalue weighted by atomic mass is 32.2. The molecule has 3 rings (SSSR count). The lowest BCUT2D eigenvalue weighted by Crippen LogP contribution is -2.24. The highest BCUT2D eigenvalue weighted by Crippen LogP contribution is 2.33. The number of carbonyl (C=O) groups excluding carboxylic acids is 1. The van der Waals surface area contributed by atoms with Crippen molar-refractivity contribution in [3.05, 3.63) is 42.5 Å². The zero-order chi connectivity index (χ0) is 18.6. The smallest absolute Gasteiger partial charge is 0.261 e. The molecule has 0 saturated heterocycles. The molecule has 2 N–H and O–H groups in total. The van der Waals surface area contributed by atoms with Gasteiger partial charge in [-0.05, 0) is 36.4 Å². The van der Waals surface area contributed by atoms with Gasteiger partial charge in [-0.3, -0.25) is 9.52 Å². The van der Waals surface area contributed by atoms with Gasteiger partial charge in [0.25, 0.3) is 15.9 Å². The average Bonchev–Trinajstić information content (AvgIpc) is 2.66. The number of sulfonamides is 1. The Balaban J connectivity index is 1.70. The van der Waals surface area contributed by atoms with Crippen LogP contribution in [-0.2, 0) is 14.8 Å². The van der Waals surface area contributed by atoms with Crippen molar-refractivity contribution in [3.8, 4) is 17.2 Å². The summed E-state index contributed by atoms with van der Waals surface area (Å²) in [6.45, 7) is 0.741. The van der Waals surface area contributed by atoms with Crippen LogP contribution >= 0.6 is 0 Å². The number of nitrogens with one attached hydrogen (secondary N) is 2. The van der Waals surface area contributed by atoms with Crippen molar-refractivity contribution < 1.29 is 27.4 Å². The molecule has 0 bridgehead atoms. The standard InChI is InChI=1S/C17H18N2O6S/c1-18-17(20)11-25-13-3-5-14(6-4-13)26(21,22)19-12-2-7-15-16(10-12)24-9-8-23-15/h2-7,10,19H,8-9,11H2,1H3,(H,18,20). The van der Waals surface area contributed by atoms with E-state index in [9.17, 15) is 13.2 Å². The molecule has 0 aromatic heterocycles. The van der Waals surface area contributed by atoms with Gasteiger partial charge in [-0.2, -0.15) is 0 Å². The number of rotatable bonds is 6. The monoisotopic (exact) mass is 378 g/mol. The molecule has 26 heavy (non-hydrogen) atoms. The van der Waals surface area contributed by atoms with Gasteiger partial charge in [0.1, 0.15) is 19.0 Å². The van der Waals surface area contributed by atoms with Crippen LogP contribution in [0.15, 0.2) is 47.4 Å². The summed E-state index contributed by atoms with van der Waals surface area (Å²) in [7, 11) is -2.27. The fourth-order valence-electron chi connectivity index (χ4n) is 2.26. The normalized spacial score (nSPS) is 13.0. The van der Waals surface area contributed by atoms with Gasteiger partial charge in [0, 0.05) is 13.1 Å². The summed E-state index contributed by atoms with van der Waals surface area (Å²) in [5.74, 6) is 1.19. The molecule has 2 aromatic carbocycles. The van der Waals surface area contributed by atoms with Crippen LogP contribution in [0.25, 0.3) is 0 Å². The first-order valence-electron chi connectivity index (χ1n) is 7.84. The van der Waals surface area contributed by atoms with Crippen molar-refractivity contribution in [2.24, 2.45) is 0 Å². The summed E-state index contributed by atoms with van der Waals surface area (Å²) >= 11 is 0. The second kappa shape index (κ2) is 7.52. The maximum Gasteiger partial charge on any atom is 0.261 e. The zero-order valence-corrected chi connectivity index (χ0v) is 14.8. The van der Waals surface area contributed by atoms with Crippen molar-refractivity contribution in [1.29, 1.82) is 0 Å². The molecule has 1 aliphatic heterocycles. The average molecular weight is 378 g/mol. The number of fused-ring (bicyclic) bond motifs is 1. The van der Waals surface area contributed by atoms with Gasteiger partial charge in [-0.15, -0.1) is 0 Å². The third-order valence-corrected chi connectivity index (χ3v) is 4.97. The van der Waals surface area contributed by atoms with Crippen molar-refractivity contribution in [3.63, 3.8) is 0 Å². The van der Waals surface area contributed by atoms with Crippen LogP contribution in [-0.4, -0.2) is 41.2 Å². The molecule has 0 spiro atoms. The first kappa shape index (κ1) is 17.9. The molecule has 0 unspecified atom stereocenters. The van der Waals surface area contributed by atoms with Crippen LogP contribution in [0.4, 0.5) is 5.69 Å². The van der Waals surface area contributed by atoms with E-state index in [1.54, 1.807) is 18.2 Å². The Kier molecular flexibility index (Phi) is 5.17. The van der Waals surface area contributed by atoms with E-state index < -0.39 is 10.0 Å². The predicted octanol–water partition coefficient (Wildman–Crippen LogP) is 1.38. The van der Waals surface area contributed by atoms with Crippen LogP contribution < -0.4 is 24.2 Å². The van der Waals surface area contributed by atoms with Gasteiger partial charge in [0.05, 0.1) is 10.6 Å². The molecule has 0 atom stereocenters. The van der Waals surface area contributed by atoms with Crippen LogP contribution in [0.1, 0.15) is 0 Å². The Morgan fingerprint density at radius 2 is 1.77 bits per heavy atom. The number of anilines is 1. The van der Waals surface area contributed by atoms with Gasteiger partial charge < -0.3 is 19.5 Å². The lowest BCUT2D eigenvalue weighted by Gasteiger charge is -2.19. The molecule has 9 heteroatoms. The van der Waals surface area contributed by atoms with E-state index >= 15 is 0 Å². The maximum atomic E-state index is 12.5. The van der Waals surface area contributed by atoms with Gasteiger partial charge in [-0.25, -0.2) is 8.42 Å². The fourth-order valence-corrected chi connectivity index (χ4v) is 3.31. The minimum absolute atomic E-state index is 0.0692. The molecular formula is C17H18N2O6S. The van der Waals surface area contributed by atoms with Crippen molar-refractivity contribution >= 4 is 21.6 Å². The van der Waals surface area contributed by atoms with Crippen molar-refractivity contribution in [1.82, 2.24) is 5.32 Å². The fraction of sp³-hybridized carbons (Fsp3) is 0.235. The zero-order valence-electron chi connectivity index (χ0n) is 14.0. The van der Waals surface area contributed by atoms with E-state index in [0.29, 0.717) is 36.1 Å². The number of carbonyl (C=O) groups is 1. The summed E-state index contributed by atoms with van der Waals surface area (Å²) in [4.78, 5) is 11.2. The molecule has 138 valence electrons. The number of hydrogen-bond acceptors (Lipinski definition) is 6. The van der Waals surface area contributed by atoms with Crippen LogP contribution in [0.3, 0.4) is 0 Å². The topological polar surface area (TPSA) is 103 Å². The van der Waals surface area contributed by atoms with E-state index in [4.69, 9.17) is 14.2 Å². The third kappa shape index (κ3) is 4.17. The largest absolute Gasteiger partial charge is 0.486 e. The summed E-state index contributed by atoms with van der Waals surface area (Å²) in [6.07, 6.45) is 0. The molecule has 2 aromatic rings. The van der Waals surface area contributed by atoms with E-state index in [0.717, 1.165) is 0 Å². The number of hydrogen-bond donors (Lipinski definition) is 2. The third-order valence-electron chi connectivity index (χ3n) is 3.58. The Morgan fingerprint density at radius 3 is 2.46 bits per heavy atom. The quantitative estimate of drug-likeness (QED) is 0.787. The lowest BCUT2D eigenvalue weighted by molar-refractivity contribution is -0.122. The van der Waals surface area contributed by atoms with Crippen LogP contribution in [0.5, 0.6) is 17.2 Å². The Hall–Kier alpha value is -2.94. The molecule has 1 heterocycles. The molecule has 0 radical (unpaired) electrons. The molecule has 0 aliphatic carbocycles. The van der Waals surface area contributed by atoms with E-state index in [1.165, 1.54) is 31.3 Å². The summed E-state index contributed by atoms with van der Waals surface area (Å²) in [5.41, 5.74) is 0.370. The van der Waals surface area contributed by atoms with Gasteiger partial charge in [0.15, 0.2) is 18.1 Å². The minimum atomic E-state index is -3.77. The summed E-state index contributed by atoms with van der Waals surface area (Å²) < 4.78 is 43.6. The first-order valence-corrected chi connectivity index (χ1v) is 9.32. The van der Waals surface area contributed by atoms with E-state index in [2.05, 4.69) is 10.0 Å². The molecule has 1 aliphatic rings. The molecule has 0 saturated carbocycles.